The second kappa shape index (κ2) is 7.64. The van der Waals surface area contributed by atoms with Crippen molar-refractivity contribution in [1.29, 1.82) is 0 Å². The molecule has 2 fully saturated rings. The van der Waals surface area contributed by atoms with E-state index < -0.39 is 0 Å². The van der Waals surface area contributed by atoms with Gasteiger partial charge in [-0.2, -0.15) is 0 Å². The van der Waals surface area contributed by atoms with Gasteiger partial charge in [-0.25, -0.2) is 0 Å². The first-order valence-electron chi connectivity index (χ1n) is 9.39. The van der Waals surface area contributed by atoms with Crippen LogP contribution in [0.4, 0.5) is 0 Å². The van der Waals surface area contributed by atoms with Gasteiger partial charge in [-0.1, -0.05) is 13.8 Å². The molecule has 0 N–H and O–H groups in total. The van der Waals surface area contributed by atoms with Crippen molar-refractivity contribution in [2.24, 2.45) is 11.8 Å². The maximum atomic E-state index is 13.0. The van der Waals surface area contributed by atoms with Gasteiger partial charge in [0.2, 0.25) is 5.91 Å². The first kappa shape index (κ1) is 17.4. The Labute approximate surface area is 144 Å². The Morgan fingerprint density at radius 2 is 2.08 bits per heavy atom. The van der Waals surface area contributed by atoms with Gasteiger partial charge >= 0.3 is 0 Å². The molecule has 0 unspecified atom stereocenters. The van der Waals surface area contributed by atoms with E-state index in [1.165, 1.54) is 0 Å². The maximum Gasteiger partial charge on any atom is 0.228 e. The molecule has 3 rings (SSSR count). The minimum Gasteiger partial charge on any atom is -0.377 e. The van der Waals surface area contributed by atoms with Gasteiger partial charge < -0.3 is 14.2 Å². The SMILES string of the molecule is CCn1cnnc1C1CCN(C(=O)[C@H]2CCCO[C@@H]2C(C)C)CC1. The lowest BCUT2D eigenvalue weighted by molar-refractivity contribution is -0.148. The molecule has 0 aromatic carbocycles. The maximum absolute atomic E-state index is 13.0. The number of amides is 1. The highest BCUT2D eigenvalue weighted by atomic mass is 16.5. The van der Waals surface area contributed by atoms with Crippen molar-refractivity contribution in [2.75, 3.05) is 19.7 Å². The van der Waals surface area contributed by atoms with E-state index in [0.717, 1.165) is 57.7 Å². The van der Waals surface area contributed by atoms with Crippen LogP contribution in [0.5, 0.6) is 0 Å². The average molecular weight is 334 g/mol. The van der Waals surface area contributed by atoms with Gasteiger partial charge in [0.15, 0.2) is 0 Å². The van der Waals surface area contributed by atoms with Gasteiger partial charge in [0.1, 0.15) is 12.2 Å². The summed E-state index contributed by atoms with van der Waals surface area (Å²) in [6.07, 6.45) is 5.79. The zero-order valence-corrected chi connectivity index (χ0v) is 15.1. The molecule has 0 saturated carbocycles. The number of ether oxygens (including phenoxy) is 1. The number of hydrogen-bond donors (Lipinski definition) is 0. The van der Waals surface area contributed by atoms with E-state index in [9.17, 15) is 4.79 Å². The summed E-state index contributed by atoms with van der Waals surface area (Å²) in [5.41, 5.74) is 0. The van der Waals surface area contributed by atoms with Crippen LogP contribution in [0, 0.1) is 11.8 Å². The van der Waals surface area contributed by atoms with Crippen LogP contribution in [-0.2, 0) is 16.1 Å². The van der Waals surface area contributed by atoms with Crippen LogP contribution < -0.4 is 0 Å². The Bertz CT molecular complexity index is 549. The monoisotopic (exact) mass is 334 g/mol. The quantitative estimate of drug-likeness (QED) is 0.848. The summed E-state index contributed by atoms with van der Waals surface area (Å²) in [6, 6.07) is 0. The molecule has 6 heteroatoms. The lowest BCUT2D eigenvalue weighted by Gasteiger charge is -2.39. The number of carbonyl (C=O) groups is 1. The predicted octanol–water partition coefficient (Wildman–Crippen LogP) is 2.46. The van der Waals surface area contributed by atoms with Crippen LogP contribution in [0.1, 0.15) is 58.2 Å². The molecule has 0 spiro atoms. The van der Waals surface area contributed by atoms with Crippen molar-refractivity contribution >= 4 is 5.91 Å². The van der Waals surface area contributed by atoms with Crippen molar-refractivity contribution in [3.8, 4) is 0 Å². The molecule has 2 aliphatic rings. The third-order valence-corrected chi connectivity index (χ3v) is 5.50. The Morgan fingerprint density at radius 3 is 2.75 bits per heavy atom. The molecular weight excluding hydrogens is 304 g/mol. The third-order valence-electron chi connectivity index (χ3n) is 5.50. The summed E-state index contributed by atoms with van der Waals surface area (Å²) in [5.74, 6) is 2.21. The summed E-state index contributed by atoms with van der Waals surface area (Å²) in [4.78, 5) is 15.1. The number of carbonyl (C=O) groups excluding carboxylic acids is 1. The summed E-state index contributed by atoms with van der Waals surface area (Å²) >= 11 is 0. The summed E-state index contributed by atoms with van der Waals surface area (Å²) in [6.45, 7) is 9.75. The average Bonchev–Trinajstić information content (AvgIpc) is 3.10. The molecule has 3 heterocycles. The van der Waals surface area contributed by atoms with Crippen molar-refractivity contribution < 1.29 is 9.53 Å². The van der Waals surface area contributed by atoms with Gasteiger partial charge in [0.05, 0.1) is 12.0 Å². The van der Waals surface area contributed by atoms with Gasteiger partial charge in [-0.05, 0) is 38.5 Å². The van der Waals surface area contributed by atoms with Crippen LogP contribution in [0.2, 0.25) is 0 Å². The van der Waals surface area contributed by atoms with Crippen molar-refractivity contribution in [3.05, 3.63) is 12.2 Å². The Balaban J connectivity index is 1.60. The highest BCUT2D eigenvalue weighted by Gasteiger charge is 2.37. The number of likely N-dealkylation sites (tertiary alicyclic amines) is 1. The molecule has 134 valence electrons. The van der Waals surface area contributed by atoms with Crippen LogP contribution in [0.15, 0.2) is 6.33 Å². The molecule has 0 radical (unpaired) electrons. The fraction of sp³-hybridized carbons (Fsp3) is 0.833. The first-order chi connectivity index (χ1) is 11.6. The number of nitrogens with zero attached hydrogens (tertiary/aromatic N) is 4. The van der Waals surface area contributed by atoms with E-state index in [1.54, 1.807) is 6.33 Å². The predicted molar refractivity (Wildman–Crippen MR) is 91.6 cm³/mol. The highest BCUT2D eigenvalue weighted by Crippen LogP contribution is 2.31. The molecule has 0 bridgehead atoms. The van der Waals surface area contributed by atoms with Gasteiger partial charge in [0, 0.05) is 32.2 Å². The fourth-order valence-corrected chi connectivity index (χ4v) is 4.14. The minimum atomic E-state index is 0.0367. The topological polar surface area (TPSA) is 60.2 Å². The summed E-state index contributed by atoms with van der Waals surface area (Å²) in [5, 5.41) is 8.34. The molecule has 2 atom stereocenters. The van der Waals surface area contributed by atoms with Crippen molar-refractivity contribution in [2.45, 2.75) is 65.0 Å². The Morgan fingerprint density at radius 1 is 1.33 bits per heavy atom. The largest absolute Gasteiger partial charge is 0.377 e. The number of piperidine rings is 1. The number of rotatable bonds is 4. The molecule has 2 saturated heterocycles. The molecule has 2 aliphatic heterocycles. The fourth-order valence-electron chi connectivity index (χ4n) is 4.14. The molecule has 24 heavy (non-hydrogen) atoms. The molecule has 0 aliphatic carbocycles. The number of hydrogen-bond acceptors (Lipinski definition) is 4. The first-order valence-corrected chi connectivity index (χ1v) is 9.39. The summed E-state index contributed by atoms with van der Waals surface area (Å²) in [7, 11) is 0. The number of aromatic nitrogens is 3. The van der Waals surface area contributed by atoms with Gasteiger partial charge in [0.25, 0.3) is 0 Å². The molecular formula is C18H30N4O2. The lowest BCUT2D eigenvalue weighted by Crippen LogP contribution is -2.48. The van der Waals surface area contributed by atoms with Crippen molar-refractivity contribution in [3.63, 3.8) is 0 Å². The smallest absolute Gasteiger partial charge is 0.228 e. The summed E-state index contributed by atoms with van der Waals surface area (Å²) < 4.78 is 8.02. The normalized spacial score (nSPS) is 26.1. The van der Waals surface area contributed by atoms with E-state index in [4.69, 9.17) is 4.74 Å². The zero-order chi connectivity index (χ0) is 17.1. The zero-order valence-electron chi connectivity index (χ0n) is 15.1. The van der Waals surface area contributed by atoms with E-state index >= 15 is 0 Å². The second-order valence-electron chi connectivity index (χ2n) is 7.40. The van der Waals surface area contributed by atoms with E-state index in [1.807, 2.05) is 0 Å². The standard InChI is InChI=1S/C18H30N4O2/c1-4-21-12-19-20-17(21)14-7-9-22(10-8-14)18(23)15-6-5-11-24-16(15)13(2)3/h12-16H,4-11H2,1-3H3/t15-,16+/m0/s1. The van der Waals surface area contributed by atoms with Gasteiger partial charge in [-0.15, -0.1) is 10.2 Å². The highest BCUT2D eigenvalue weighted by molar-refractivity contribution is 5.79. The lowest BCUT2D eigenvalue weighted by atomic mass is 9.85. The van der Waals surface area contributed by atoms with Crippen LogP contribution >= 0.6 is 0 Å². The van der Waals surface area contributed by atoms with E-state index in [0.29, 0.717) is 17.7 Å². The van der Waals surface area contributed by atoms with Crippen LogP contribution in [0.25, 0.3) is 0 Å². The molecule has 1 aromatic rings. The minimum absolute atomic E-state index is 0.0367. The van der Waals surface area contributed by atoms with Gasteiger partial charge in [-0.3, -0.25) is 4.79 Å². The molecule has 1 aromatic heterocycles. The Kier molecular flexibility index (Phi) is 5.54. The molecule has 1 amide bonds. The Hall–Kier alpha value is -1.43. The van der Waals surface area contributed by atoms with Crippen LogP contribution in [-0.4, -0.2) is 51.4 Å². The van der Waals surface area contributed by atoms with E-state index in [-0.39, 0.29) is 12.0 Å². The number of aryl methyl sites for hydroxylation is 1. The van der Waals surface area contributed by atoms with Crippen LogP contribution in [0.3, 0.4) is 0 Å². The van der Waals surface area contributed by atoms with Crippen molar-refractivity contribution in [1.82, 2.24) is 19.7 Å². The molecule has 6 nitrogen and oxygen atoms in total. The third kappa shape index (κ3) is 3.48. The van der Waals surface area contributed by atoms with E-state index in [2.05, 4.69) is 40.4 Å². The second-order valence-corrected chi connectivity index (χ2v) is 7.40.